The maximum atomic E-state index is 13.8. The predicted molar refractivity (Wildman–Crippen MR) is 230 cm³/mol. The number of amides is 4. The molecule has 4 N–H and O–H groups in total. The topological polar surface area (TPSA) is 175 Å². The zero-order valence-electron chi connectivity index (χ0n) is 32.7. The molecule has 0 unspecified atom stereocenters. The highest BCUT2D eigenvalue weighted by Gasteiger charge is 2.38. The number of benzene rings is 1. The highest BCUT2D eigenvalue weighted by atomic mass is 35.5. The summed E-state index contributed by atoms with van der Waals surface area (Å²) in [6.07, 6.45) is 5.25. The van der Waals surface area contributed by atoms with Crippen molar-refractivity contribution in [1.82, 2.24) is 40.4 Å². The largest absolute Gasteiger partial charge is 0.453 e. The zero-order chi connectivity index (χ0) is 40.1. The van der Waals surface area contributed by atoms with Crippen LogP contribution in [0.5, 0.6) is 0 Å². The molecule has 4 atom stereocenters. The maximum Gasteiger partial charge on any atom is 0.407 e. The van der Waals surface area contributed by atoms with Gasteiger partial charge >= 0.3 is 12.2 Å². The number of alkyl carbamates (subject to hydrolysis) is 2. The number of H-pyrrole nitrogens is 2. The van der Waals surface area contributed by atoms with E-state index in [9.17, 15) is 19.2 Å². The number of aromatic nitrogens is 4. The Morgan fingerprint density at radius 2 is 1.41 bits per heavy atom. The van der Waals surface area contributed by atoms with Crippen molar-refractivity contribution in [2.24, 2.45) is 5.92 Å². The number of rotatable bonds is 9. The van der Waals surface area contributed by atoms with E-state index >= 15 is 0 Å². The fourth-order valence-electron chi connectivity index (χ4n) is 7.29. The average molecular weight is 880 g/mol. The second-order valence-corrected chi connectivity index (χ2v) is 15.8. The molecule has 0 spiro atoms. The molecular formula is C41H44Cl2N8O6S2. The molecule has 6 heterocycles. The number of imidazole rings is 2. The number of carbonyl (C=O) groups is 4. The van der Waals surface area contributed by atoms with Crippen LogP contribution >= 0.6 is 47.5 Å². The van der Waals surface area contributed by atoms with E-state index in [1.54, 1.807) is 57.0 Å². The van der Waals surface area contributed by atoms with Gasteiger partial charge in [0.2, 0.25) is 5.91 Å². The lowest BCUT2D eigenvalue weighted by Crippen LogP contribution is -2.51. The van der Waals surface area contributed by atoms with Crippen LogP contribution in [0, 0.1) is 29.6 Å². The summed E-state index contributed by atoms with van der Waals surface area (Å²) in [6, 6.07) is 6.97. The molecule has 2 fully saturated rings. The van der Waals surface area contributed by atoms with E-state index in [-0.39, 0.29) is 54.6 Å². The predicted octanol–water partition coefficient (Wildman–Crippen LogP) is 7.13. The molecule has 2 saturated heterocycles. The Morgan fingerprint density at radius 1 is 0.797 bits per heavy atom. The highest BCUT2D eigenvalue weighted by Crippen LogP contribution is 2.40. The van der Waals surface area contributed by atoms with Gasteiger partial charge in [0.15, 0.2) is 0 Å². The smallest absolute Gasteiger partial charge is 0.407 e. The van der Waals surface area contributed by atoms with Crippen LogP contribution in [0.25, 0.3) is 20.7 Å². The molecule has 4 amide bonds. The summed E-state index contributed by atoms with van der Waals surface area (Å²) in [5.41, 5.74) is 4.00. The summed E-state index contributed by atoms with van der Waals surface area (Å²) in [7, 11) is 2.55. The van der Waals surface area contributed by atoms with Crippen molar-refractivity contribution >= 4 is 80.9 Å². The third-order valence-corrected chi connectivity index (χ3v) is 12.3. The fraction of sp³-hybridized carbons (Fsp3) is 0.366. The number of halogens is 2. The molecule has 14 nitrogen and oxygen atoms in total. The van der Waals surface area contributed by atoms with E-state index in [2.05, 4.69) is 54.6 Å². The van der Waals surface area contributed by atoms with E-state index in [0.717, 1.165) is 51.9 Å². The summed E-state index contributed by atoms with van der Waals surface area (Å²) in [6.45, 7) is 4.90. The van der Waals surface area contributed by atoms with Gasteiger partial charge in [-0.2, -0.15) is 0 Å². The molecule has 5 aromatic rings. The summed E-state index contributed by atoms with van der Waals surface area (Å²) in [5, 5.41) is 9.48. The highest BCUT2D eigenvalue weighted by molar-refractivity contribution is 7.27. The molecule has 2 aliphatic heterocycles. The molecule has 2 aliphatic rings. The SMILES string of the molecule is COC(=O)N[C@H](C(=O)N1CCC[C@H]1c1ncc(-c2csc3c(C#CC#Cc4cnc([C@@H]5CCCN5C(=O)[C@H](NC(=O)OC)c5ccccc5)[nH]4)csc23)[nH]1)C(C)C.Cl.Cl. The third kappa shape index (κ3) is 9.69. The van der Waals surface area contributed by atoms with Gasteiger partial charge < -0.3 is 39.9 Å². The molecule has 59 heavy (non-hydrogen) atoms. The number of thiophene rings is 2. The number of fused-ring (bicyclic) bond motifs is 1. The Kier molecular flexibility index (Phi) is 15.1. The first-order valence-electron chi connectivity index (χ1n) is 18.6. The minimum Gasteiger partial charge on any atom is -0.453 e. The van der Waals surface area contributed by atoms with E-state index in [1.807, 2.05) is 37.4 Å². The Balaban J connectivity index is 0.00000331. The lowest BCUT2D eigenvalue weighted by molar-refractivity contribution is -0.135. The first kappa shape index (κ1) is 44.6. The second kappa shape index (κ2) is 20.0. The van der Waals surface area contributed by atoms with Gasteiger partial charge in [0.05, 0.1) is 59.4 Å². The van der Waals surface area contributed by atoms with Crippen LogP contribution in [0.4, 0.5) is 9.59 Å². The molecule has 0 radical (unpaired) electrons. The van der Waals surface area contributed by atoms with Gasteiger partial charge in [-0.3, -0.25) is 9.59 Å². The standard InChI is InChI=1S/C41H42N8O6S2.2ClH/c1-24(2)32(46-40(52)54-3)38(50)48-18-11-17-31(48)37-43-21-29(45-37)28-23-57-34-26(22-56-35(28)34)14-8-9-15-27-20-42-36(44-27)30-16-10-19-49(30)39(51)33(47-41(53)55-4)25-12-6-5-7-13-25;;/h5-7,12-13,20-24,30-33H,10-11,16-19H2,1-4H3,(H,42,44)(H,43,45)(H,46,52)(H,47,53);2*1H/t30-,31-,32-,33+;;/m0../s1. The molecule has 310 valence electrons. The van der Waals surface area contributed by atoms with Crippen molar-refractivity contribution < 1.29 is 28.7 Å². The minimum atomic E-state index is -0.897. The summed E-state index contributed by atoms with van der Waals surface area (Å²) in [4.78, 5) is 71.0. The Labute approximate surface area is 362 Å². The van der Waals surface area contributed by atoms with E-state index in [0.29, 0.717) is 36.0 Å². The van der Waals surface area contributed by atoms with Crippen molar-refractivity contribution in [2.45, 2.75) is 63.7 Å². The number of hydrogen-bond acceptors (Lipinski definition) is 10. The number of likely N-dealkylation sites (tertiary alicyclic amines) is 2. The van der Waals surface area contributed by atoms with Gasteiger partial charge in [-0.05, 0) is 54.9 Å². The van der Waals surface area contributed by atoms with Gasteiger partial charge in [0.1, 0.15) is 29.4 Å². The van der Waals surface area contributed by atoms with Crippen LogP contribution in [0.15, 0.2) is 53.5 Å². The number of carbonyl (C=O) groups excluding carboxylic acids is 4. The van der Waals surface area contributed by atoms with Gasteiger partial charge in [-0.15, -0.1) is 47.5 Å². The van der Waals surface area contributed by atoms with E-state index < -0.39 is 24.3 Å². The summed E-state index contributed by atoms with van der Waals surface area (Å²) < 4.78 is 11.7. The van der Waals surface area contributed by atoms with Crippen LogP contribution < -0.4 is 10.6 Å². The van der Waals surface area contributed by atoms with Crippen LogP contribution in [-0.4, -0.2) is 87.1 Å². The van der Waals surface area contributed by atoms with Crippen molar-refractivity contribution in [3.8, 4) is 34.9 Å². The van der Waals surface area contributed by atoms with Crippen molar-refractivity contribution in [3.05, 3.63) is 82.0 Å². The number of nitrogens with zero attached hydrogens (tertiary/aromatic N) is 4. The monoisotopic (exact) mass is 878 g/mol. The quantitative estimate of drug-likeness (QED) is 0.113. The minimum absolute atomic E-state index is 0. The molecule has 18 heteroatoms. The van der Waals surface area contributed by atoms with Crippen molar-refractivity contribution in [1.29, 1.82) is 0 Å². The average Bonchev–Trinajstić information content (AvgIpc) is 4.08. The number of ether oxygens (including phenoxy) is 2. The first-order valence-corrected chi connectivity index (χ1v) is 20.4. The van der Waals surface area contributed by atoms with Gasteiger partial charge in [-0.1, -0.05) is 50.1 Å². The van der Waals surface area contributed by atoms with Crippen molar-refractivity contribution in [2.75, 3.05) is 27.3 Å². The van der Waals surface area contributed by atoms with E-state index in [1.165, 1.54) is 14.2 Å². The van der Waals surface area contributed by atoms with Crippen LogP contribution in [-0.2, 0) is 19.1 Å². The van der Waals surface area contributed by atoms with Crippen LogP contribution in [0.1, 0.15) is 86.1 Å². The van der Waals surface area contributed by atoms with Crippen LogP contribution in [0.2, 0.25) is 0 Å². The summed E-state index contributed by atoms with van der Waals surface area (Å²) >= 11 is 3.20. The Bertz CT molecular complexity index is 2410. The lowest BCUT2D eigenvalue weighted by Gasteiger charge is -2.30. The molecule has 4 aromatic heterocycles. The number of aromatic amines is 2. The normalized spacial score (nSPS) is 16.8. The third-order valence-electron chi connectivity index (χ3n) is 10.1. The van der Waals surface area contributed by atoms with Crippen LogP contribution in [0.3, 0.4) is 0 Å². The molecule has 0 saturated carbocycles. The maximum absolute atomic E-state index is 13.8. The van der Waals surface area contributed by atoms with E-state index in [4.69, 9.17) is 14.5 Å². The second-order valence-electron chi connectivity index (χ2n) is 14.0. The molecular weight excluding hydrogens is 836 g/mol. The molecule has 0 aliphatic carbocycles. The molecule has 1 aromatic carbocycles. The summed E-state index contributed by atoms with van der Waals surface area (Å²) in [5.74, 6) is 13.0. The lowest BCUT2D eigenvalue weighted by atomic mass is 10.0. The first-order chi connectivity index (χ1) is 27.7. The molecule has 7 rings (SSSR count). The molecule has 0 bridgehead atoms. The van der Waals surface area contributed by atoms with Gasteiger partial charge in [0.25, 0.3) is 5.91 Å². The van der Waals surface area contributed by atoms with Crippen molar-refractivity contribution in [3.63, 3.8) is 0 Å². The number of methoxy groups -OCH3 is 2. The van der Waals surface area contributed by atoms with Gasteiger partial charge in [-0.25, -0.2) is 19.6 Å². The van der Waals surface area contributed by atoms with Gasteiger partial charge in [0, 0.05) is 29.4 Å². The Morgan fingerprint density at radius 3 is 2.08 bits per heavy atom. The zero-order valence-corrected chi connectivity index (χ0v) is 36.0. The Hall–Kier alpha value is -5.52. The fourth-order valence-corrected chi connectivity index (χ4v) is 9.58. The number of nitrogens with one attached hydrogen (secondary N) is 4. The number of hydrogen-bond donors (Lipinski definition) is 4.